The number of fused-ring (bicyclic) bond motifs is 1. The molecule has 1 aliphatic heterocycles. The first kappa shape index (κ1) is 19.4. The molecular formula is C23H28N2O4. The maximum absolute atomic E-state index is 13.3. The van der Waals surface area contributed by atoms with E-state index < -0.39 is 0 Å². The number of benzene rings is 2. The molecule has 1 heterocycles. The van der Waals surface area contributed by atoms with E-state index in [1.54, 1.807) is 11.8 Å². The summed E-state index contributed by atoms with van der Waals surface area (Å²) >= 11 is 0. The fraction of sp³-hybridized carbons (Fsp3) is 0.435. The minimum absolute atomic E-state index is 0.0739. The molecule has 2 aromatic carbocycles. The average Bonchev–Trinajstić information content (AvgIpc) is 3.13. The number of carbonyl (C=O) groups is 1. The third kappa shape index (κ3) is 3.84. The largest absolute Gasteiger partial charge is 0.507 e. The van der Waals surface area contributed by atoms with Crippen LogP contribution in [-0.4, -0.2) is 27.6 Å². The molecule has 4 N–H and O–H groups in total. The lowest BCUT2D eigenvalue weighted by Crippen LogP contribution is -2.26. The van der Waals surface area contributed by atoms with Crippen molar-refractivity contribution in [2.75, 3.05) is 12.3 Å². The fourth-order valence-electron chi connectivity index (χ4n) is 4.39. The van der Waals surface area contributed by atoms with Crippen LogP contribution in [0.4, 0.5) is 5.69 Å². The lowest BCUT2D eigenvalue weighted by Gasteiger charge is -2.24. The quantitative estimate of drug-likeness (QED) is 0.676. The molecule has 1 fully saturated rings. The molecule has 2 aliphatic rings. The third-order valence-corrected chi connectivity index (χ3v) is 6.12. The number of hydrogen-bond acceptors (Lipinski definition) is 5. The van der Waals surface area contributed by atoms with E-state index in [0.717, 1.165) is 24.0 Å². The lowest BCUT2D eigenvalue weighted by molar-refractivity contribution is 0.0741. The molecule has 0 bridgehead atoms. The van der Waals surface area contributed by atoms with Crippen LogP contribution in [-0.2, 0) is 13.1 Å². The predicted octanol–water partition coefficient (Wildman–Crippen LogP) is 4.10. The molecule has 0 unspecified atom stereocenters. The summed E-state index contributed by atoms with van der Waals surface area (Å²) in [5.74, 6) is 0.0876. The molecule has 29 heavy (non-hydrogen) atoms. The molecule has 0 atom stereocenters. The highest BCUT2D eigenvalue weighted by molar-refractivity contribution is 6.00. The standard InChI is InChI=1S/C23H28N2O4/c1-14-19(26)10-20(27)21(22(14)29-13-15-5-3-2-4-6-15)23(28)25-11-16-7-8-18(24)9-17(16)12-25/h7-10,15,26-27H,2-6,11-13,24H2,1H3. The van der Waals surface area contributed by atoms with Crippen LogP contribution in [0.3, 0.4) is 0 Å². The summed E-state index contributed by atoms with van der Waals surface area (Å²) < 4.78 is 6.06. The van der Waals surface area contributed by atoms with Crippen molar-refractivity contribution in [3.05, 3.63) is 46.5 Å². The van der Waals surface area contributed by atoms with E-state index in [1.807, 2.05) is 18.2 Å². The molecular weight excluding hydrogens is 368 g/mol. The van der Waals surface area contributed by atoms with Gasteiger partial charge in [0.1, 0.15) is 22.8 Å². The van der Waals surface area contributed by atoms with Gasteiger partial charge in [-0.1, -0.05) is 25.3 Å². The van der Waals surface area contributed by atoms with Gasteiger partial charge in [-0.15, -0.1) is 0 Å². The van der Waals surface area contributed by atoms with Crippen LogP contribution in [0.2, 0.25) is 0 Å². The number of hydrogen-bond donors (Lipinski definition) is 3. The number of ether oxygens (including phenoxy) is 1. The van der Waals surface area contributed by atoms with E-state index in [4.69, 9.17) is 10.5 Å². The van der Waals surface area contributed by atoms with Crippen molar-refractivity contribution in [3.8, 4) is 17.2 Å². The Balaban J connectivity index is 1.60. The molecule has 4 rings (SSSR count). The molecule has 6 heteroatoms. The van der Waals surface area contributed by atoms with E-state index in [1.165, 1.54) is 25.3 Å². The molecule has 1 saturated carbocycles. The van der Waals surface area contributed by atoms with Gasteiger partial charge in [-0.05, 0) is 48.9 Å². The number of phenols is 2. The van der Waals surface area contributed by atoms with Crippen molar-refractivity contribution >= 4 is 11.6 Å². The highest BCUT2D eigenvalue weighted by Gasteiger charge is 2.31. The van der Waals surface area contributed by atoms with Crippen molar-refractivity contribution in [1.29, 1.82) is 0 Å². The normalized spacial score (nSPS) is 16.7. The zero-order chi connectivity index (χ0) is 20.5. The number of phenolic OH excluding ortho intramolecular Hbond substituents is 2. The summed E-state index contributed by atoms with van der Waals surface area (Å²) in [6.45, 7) is 3.08. The van der Waals surface area contributed by atoms with Gasteiger partial charge in [-0.3, -0.25) is 4.79 Å². The number of nitrogens with zero attached hydrogens (tertiary/aromatic N) is 1. The van der Waals surface area contributed by atoms with Gasteiger partial charge in [-0.25, -0.2) is 0 Å². The minimum Gasteiger partial charge on any atom is -0.507 e. The summed E-state index contributed by atoms with van der Waals surface area (Å²) in [4.78, 5) is 15.0. The topological polar surface area (TPSA) is 96.0 Å². The summed E-state index contributed by atoms with van der Waals surface area (Å²) in [5, 5.41) is 20.7. The van der Waals surface area contributed by atoms with E-state index in [-0.39, 0.29) is 28.7 Å². The monoisotopic (exact) mass is 396 g/mol. The molecule has 2 aromatic rings. The number of anilines is 1. The smallest absolute Gasteiger partial charge is 0.262 e. The highest BCUT2D eigenvalue weighted by atomic mass is 16.5. The van der Waals surface area contributed by atoms with Crippen LogP contribution in [0.1, 0.15) is 59.2 Å². The first-order chi connectivity index (χ1) is 13.9. The summed E-state index contributed by atoms with van der Waals surface area (Å²) in [5.41, 5.74) is 9.19. The Morgan fingerprint density at radius 1 is 1.10 bits per heavy atom. The van der Waals surface area contributed by atoms with Crippen LogP contribution in [0.25, 0.3) is 0 Å². The van der Waals surface area contributed by atoms with Crippen LogP contribution >= 0.6 is 0 Å². The molecule has 0 radical (unpaired) electrons. The Morgan fingerprint density at radius 2 is 1.83 bits per heavy atom. The lowest BCUT2D eigenvalue weighted by atomic mass is 9.90. The molecule has 0 aromatic heterocycles. The molecule has 0 saturated heterocycles. The first-order valence-corrected chi connectivity index (χ1v) is 10.3. The second kappa shape index (κ2) is 7.85. The predicted molar refractivity (Wildman–Crippen MR) is 111 cm³/mol. The van der Waals surface area contributed by atoms with E-state index in [9.17, 15) is 15.0 Å². The molecule has 1 amide bonds. The number of aromatic hydroxyl groups is 2. The Kier molecular flexibility index (Phi) is 5.26. The Labute approximate surface area is 170 Å². The number of carbonyl (C=O) groups excluding carboxylic acids is 1. The maximum atomic E-state index is 13.3. The molecule has 154 valence electrons. The van der Waals surface area contributed by atoms with E-state index >= 15 is 0 Å². The fourth-order valence-corrected chi connectivity index (χ4v) is 4.39. The maximum Gasteiger partial charge on any atom is 0.262 e. The van der Waals surface area contributed by atoms with Gasteiger partial charge in [0.15, 0.2) is 0 Å². The summed E-state index contributed by atoms with van der Waals surface area (Å²) in [6, 6.07) is 6.86. The third-order valence-electron chi connectivity index (χ3n) is 6.12. The summed E-state index contributed by atoms with van der Waals surface area (Å²) in [6.07, 6.45) is 5.86. The van der Waals surface area contributed by atoms with E-state index in [2.05, 4.69) is 0 Å². The Morgan fingerprint density at radius 3 is 2.59 bits per heavy atom. The van der Waals surface area contributed by atoms with Crippen molar-refractivity contribution in [3.63, 3.8) is 0 Å². The van der Waals surface area contributed by atoms with Crippen LogP contribution in [0.5, 0.6) is 17.2 Å². The van der Waals surface area contributed by atoms with Crippen molar-refractivity contribution in [1.82, 2.24) is 4.90 Å². The van der Waals surface area contributed by atoms with Crippen molar-refractivity contribution in [2.45, 2.75) is 52.1 Å². The summed E-state index contributed by atoms with van der Waals surface area (Å²) in [7, 11) is 0. The number of nitrogens with two attached hydrogens (primary N) is 1. The van der Waals surface area contributed by atoms with Gasteiger partial charge >= 0.3 is 0 Å². The van der Waals surface area contributed by atoms with Gasteiger partial charge < -0.3 is 25.6 Å². The van der Waals surface area contributed by atoms with Gasteiger partial charge in [-0.2, -0.15) is 0 Å². The molecule has 0 spiro atoms. The van der Waals surface area contributed by atoms with Gasteiger partial charge in [0.05, 0.1) is 6.61 Å². The zero-order valence-electron chi connectivity index (χ0n) is 16.8. The van der Waals surface area contributed by atoms with Crippen molar-refractivity contribution in [2.24, 2.45) is 5.92 Å². The van der Waals surface area contributed by atoms with Crippen molar-refractivity contribution < 1.29 is 19.7 Å². The minimum atomic E-state index is -0.306. The SMILES string of the molecule is Cc1c(O)cc(O)c(C(=O)N2Cc3ccc(N)cc3C2)c1OCC1CCCCC1. The second-order valence-corrected chi connectivity index (χ2v) is 8.25. The first-order valence-electron chi connectivity index (χ1n) is 10.3. The number of nitrogen functional groups attached to an aromatic ring is 1. The average molecular weight is 396 g/mol. The molecule has 1 aliphatic carbocycles. The van der Waals surface area contributed by atoms with E-state index in [0.29, 0.717) is 36.9 Å². The van der Waals surface area contributed by atoms with Gasteiger partial charge in [0.25, 0.3) is 5.91 Å². The van der Waals surface area contributed by atoms with Gasteiger partial charge in [0, 0.05) is 30.4 Å². The number of amides is 1. The highest BCUT2D eigenvalue weighted by Crippen LogP contribution is 2.40. The van der Waals surface area contributed by atoms with Crippen LogP contribution in [0.15, 0.2) is 24.3 Å². The van der Waals surface area contributed by atoms with Gasteiger partial charge in [0.2, 0.25) is 0 Å². The molecule has 6 nitrogen and oxygen atoms in total. The Hall–Kier alpha value is -2.89. The zero-order valence-corrected chi connectivity index (χ0v) is 16.8. The Bertz CT molecular complexity index is 935. The number of rotatable bonds is 4. The van der Waals surface area contributed by atoms with Crippen LogP contribution < -0.4 is 10.5 Å². The second-order valence-electron chi connectivity index (χ2n) is 8.25. The van der Waals surface area contributed by atoms with Crippen LogP contribution in [0, 0.1) is 12.8 Å².